The van der Waals surface area contributed by atoms with E-state index in [0.29, 0.717) is 28.8 Å². The van der Waals surface area contributed by atoms with Gasteiger partial charge < -0.3 is 10.1 Å². The summed E-state index contributed by atoms with van der Waals surface area (Å²) in [5.74, 6) is -1.29. The van der Waals surface area contributed by atoms with E-state index in [4.69, 9.17) is 4.74 Å². The molecule has 0 spiro atoms. The molecule has 0 amide bonds. The molecule has 1 aliphatic heterocycles. The molecule has 1 aliphatic rings. The number of nitrogens with one attached hydrogen (secondary N) is 1. The number of nitro benzene ring substituents is 1. The first-order valence-electron chi connectivity index (χ1n) is 6.87. The van der Waals surface area contributed by atoms with Gasteiger partial charge in [-0.05, 0) is 19.4 Å². The Labute approximate surface area is 132 Å². The van der Waals surface area contributed by atoms with Crippen molar-refractivity contribution in [3.05, 3.63) is 62.5 Å². The van der Waals surface area contributed by atoms with Crippen molar-refractivity contribution < 1.29 is 19.2 Å². The van der Waals surface area contributed by atoms with Crippen molar-refractivity contribution in [1.82, 2.24) is 5.32 Å². The zero-order valence-electron chi connectivity index (χ0n) is 13.0. The zero-order valence-corrected chi connectivity index (χ0v) is 13.0. The molecule has 0 bridgehead atoms. The van der Waals surface area contributed by atoms with Crippen molar-refractivity contribution in [3.63, 3.8) is 0 Å². The van der Waals surface area contributed by atoms with Gasteiger partial charge in [-0.15, -0.1) is 0 Å². The van der Waals surface area contributed by atoms with Crippen LogP contribution in [0.5, 0.6) is 0 Å². The Bertz CT molecular complexity index is 749. The average molecular weight is 316 g/mol. The summed E-state index contributed by atoms with van der Waals surface area (Å²) >= 11 is 0. The zero-order chi connectivity index (χ0) is 17.1. The average Bonchev–Trinajstić information content (AvgIpc) is 2.53. The fourth-order valence-corrected chi connectivity index (χ4v) is 2.71. The molecule has 1 atom stereocenters. The lowest BCUT2D eigenvalue weighted by molar-refractivity contribution is -0.384. The summed E-state index contributed by atoms with van der Waals surface area (Å²) in [6.07, 6.45) is 0.654. The van der Waals surface area contributed by atoms with Crippen LogP contribution in [0.2, 0.25) is 0 Å². The molecule has 0 aromatic heterocycles. The number of rotatable bonds is 4. The van der Waals surface area contributed by atoms with Gasteiger partial charge in [-0.3, -0.25) is 14.9 Å². The highest BCUT2D eigenvalue weighted by molar-refractivity contribution is 5.95. The third kappa shape index (κ3) is 2.98. The second-order valence-electron chi connectivity index (χ2n) is 5.14. The molecule has 7 nitrogen and oxygen atoms in total. The minimum Gasteiger partial charge on any atom is -0.466 e. The lowest BCUT2D eigenvalue weighted by Gasteiger charge is -2.28. The summed E-state index contributed by atoms with van der Waals surface area (Å²) in [5.41, 5.74) is 2.14. The fraction of sp³-hybridized carbons (Fsp3) is 0.250. The van der Waals surface area contributed by atoms with E-state index in [-0.39, 0.29) is 11.3 Å². The van der Waals surface area contributed by atoms with Gasteiger partial charge in [0.2, 0.25) is 0 Å². The molecule has 120 valence electrons. The Kier molecular flexibility index (Phi) is 4.59. The molecule has 0 saturated heterocycles. The van der Waals surface area contributed by atoms with Crippen molar-refractivity contribution in [2.45, 2.75) is 19.8 Å². The molecule has 1 aromatic carbocycles. The second-order valence-corrected chi connectivity index (χ2v) is 5.14. The quantitative estimate of drug-likeness (QED) is 0.396. The summed E-state index contributed by atoms with van der Waals surface area (Å²) < 4.78 is 4.81. The van der Waals surface area contributed by atoms with Gasteiger partial charge in [0.15, 0.2) is 0 Å². The molecule has 0 unspecified atom stereocenters. The summed E-state index contributed by atoms with van der Waals surface area (Å²) in [6.45, 7) is 3.41. The molecule has 0 aliphatic carbocycles. The number of dihydropyridines is 1. The number of nitro groups is 1. The Balaban J connectivity index is 2.67. The van der Waals surface area contributed by atoms with Crippen LogP contribution in [0, 0.1) is 10.1 Å². The highest BCUT2D eigenvalue weighted by atomic mass is 16.6. The minimum absolute atomic E-state index is 0.106. The maximum absolute atomic E-state index is 12.2. The van der Waals surface area contributed by atoms with E-state index in [0.717, 1.165) is 0 Å². The number of non-ortho nitro benzene ring substituents is 1. The van der Waals surface area contributed by atoms with Crippen LogP contribution in [0.25, 0.3) is 0 Å². The number of benzene rings is 1. The van der Waals surface area contributed by atoms with Crippen molar-refractivity contribution in [3.8, 4) is 0 Å². The molecule has 0 fully saturated rings. The number of methoxy groups -OCH3 is 1. The van der Waals surface area contributed by atoms with E-state index in [1.807, 2.05) is 0 Å². The van der Waals surface area contributed by atoms with Gasteiger partial charge in [0.1, 0.15) is 6.29 Å². The molecule has 0 radical (unpaired) electrons. The number of allylic oxidation sites excluding steroid dienone is 3. The molecule has 23 heavy (non-hydrogen) atoms. The molecule has 0 saturated carbocycles. The number of carbonyl (C=O) groups is 2. The first kappa shape index (κ1) is 16.4. The number of hydrogen-bond acceptors (Lipinski definition) is 6. The maximum atomic E-state index is 12.2. The molecular formula is C16H16N2O5. The first-order chi connectivity index (χ1) is 10.9. The highest BCUT2D eigenvalue weighted by Crippen LogP contribution is 2.38. The molecule has 1 aromatic rings. The van der Waals surface area contributed by atoms with E-state index in [1.165, 1.54) is 25.3 Å². The van der Waals surface area contributed by atoms with Crippen LogP contribution in [-0.2, 0) is 14.3 Å². The van der Waals surface area contributed by atoms with Crippen molar-refractivity contribution in [1.29, 1.82) is 0 Å². The lowest BCUT2D eigenvalue weighted by atomic mass is 9.81. The predicted molar refractivity (Wildman–Crippen MR) is 82.5 cm³/mol. The van der Waals surface area contributed by atoms with E-state index in [1.54, 1.807) is 19.9 Å². The van der Waals surface area contributed by atoms with E-state index in [2.05, 4.69) is 5.32 Å². The molecule has 2 rings (SSSR count). The lowest BCUT2D eigenvalue weighted by Crippen LogP contribution is -2.29. The largest absolute Gasteiger partial charge is 0.466 e. The molecule has 1 N–H and O–H groups in total. The third-order valence-corrected chi connectivity index (χ3v) is 3.76. The van der Waals surface area contributed by atoms with Gasteiger partial charge in [0.25, 0.3) is 5.69 Å². The van der Waals surface area contributed by atoms with Crippen LogP contribution in [0.1, 0.15) is 25.3 Å². The summed E-state index contributed by atoms with van der Waals surface area (Å²) in [4.78, 5) is 34.2. The number of esters is 1. The second kappa shape index (κ2) is 6.43. The van der Waals surface area contributed by atoms with Gasteiger partial charge in [-0.2, -0.15) is 0 Å². The Morgan fingerprint density at radius 2 is 2.04 bits per heavy atom. The van der Waals surface area contributed by atoms with Crippen LogP contribution >= 0.6 is 0 Å². The normalized spacial score (nSPS) is 17.6. The van der Waals surface area contributed by atoms with Gasteiger partial charge in [0, 0.05) is 35.0 Å². The maximum Gasteiger partial charge on any atom is 0.336 e. The van der Waals surface area contributed by atoms with Crippen LogP contribution in [-0.4, -0.2) is 24.3 Å². The predicted octanol–water partition coefficient (Wildman–Crippen LogP) is 2.20. The minimum atomic E-state index is -0.707. The number of nitrogens with zero attached hydrogens (tertiary/aromatic N) is 1. The van der Waals surface area contributed by atoms with E-state index in [9.17, 15) is 19.7 Å². The number of ether oxygens (including phenoxy) is 1. The number of aldehydes is 1. The van der Waals surface area contributed by atoms with Crippen LogP contribution in [0.3, 0.4) is 0 Å². The first-order valence-corrected chi connectivity index (χ1v) is 6.87. The fourth-order valence-electron chi connectivity index (χ4n) is 2.71. The topological polar surface area (TPSA) is 98.5 Å². The SMILES string of the molecule is COC(=O)C1=C(C)NC(C)=C(C=O)[C@@H]1c1cccc([N+](=O)[O-])c1. The van der Waals surface area contributed by atoms with Crippen molar-refractivity contribution in [2.24, 2.45) is 0 Å². The Morgan fingerprint density at radius 3 is 2.61 bits per heavy atom. The van der Waals surface area contributed by atoms with Gasteiger partial charge in [-0.1, -0.05) is 12.1 Å². The molecule has 7 heteroatoms. The highest BCUT2D eigenvalue weighted by Gasteiger charge is 2.34. The van der Waals surface area contributed by atoms with Crippen LogP contribution in [0.4, 0.5) is 5.69 Å². The van der Waals surface area contributed by atoms with Crippen LogP contribution < -0.4 is 5.32 Å². The van der Waals surface area contributed by atoms with Gasteiger partial charge >= 0.3 is 5.97 Å². The standard InChI is InChI=1S/C16H16N2O5/c1-9-13(8-19)15(14(10(2)17-9)16(20)23-3)11-5-4-6-12(7-11)18(21)22/h4-8,15,17H,1-3H3/t15-/m0/s1. The third-order valence-electron chi connectivity index (χ3n) is 3.76. The van der Waals surface area contributed by atoms with Gasteiger partial charge in [0.05, 0.1) is 17.6 Å². The Hall–Kier alpha value is -2.96. The van der Waals surface area contributed by atoms with E-state index < -0.39 is 16.8 Å². The molecular weight excluding hydrogens is 300 g/mol. The number of carbonyl (C=O) groups excluding carboxylic acids is 2. The summed E-state index contributed by atoms with van der Waals surface area (Å²) in [6, 6.07) is 5.90. The summed E-state index contributed by atoms with van der Waals surface area (Å²) in [7, 11) is 1.25. The van der Waals surface area contributed by atoms with E-state index >= 15 is 0 Å². The van der Waals surface area contributed by atoms with Crippen molar-refractivity contribution in [2.75, 3.05) is 7.11 Å². The smallest absolute Gasteiger partial charge is 0.336 e. The number of hydrogen-bond donors (Lipinski definition) is 1. The monoisotopic (exact) mass is 316 g/mol. The Morgan fingerprint density at radius 1 is 1.35 bits per heavy atom. The summed E-state index contributed by atoms with van der Waals surface area (Å²) in [5, 5.41) is 14.0. The van der Waals surface area contributed by atoms with Gasteiger partial charge in [-0.25, -0.2) is 4.79 Å². The van der Waals surface area contributed by atoms with Crippen molar-refractivity contribution >= 4 is 17.9 Å². The van der Waals surface area contributed by atoms with Crippen LogP contribution in [0.15, 0.2) is 46.8 Å². The molecule has 1 heterocycles.